The molecule has 0 saturated carbocycles. The van der Waals surface area contributed by atoms with E-state index in [0.29, 0.717) is 0 Å². The minimum absolute atomic E-state index is 0.430. The second kappa shape index (κ2) is 2.66. The second-order valence-corrected chi connectivity index (χ2v) is 8.34. The molecule has 0 aliphatic carbocycles. The molecule has 1 aliphatic rings. The third kappa shape index (κ3) is 1.22. The molecule has 0 aromatic rings. The Labute approximate surface area is 85.0 Å². The average Bonchev–Trinajstić information content (AvgIpc) is 2.12. The zero-order valence-electron chi connectivity index (χ0n) is 9.17. The van der Waals surface area contributed by atoms with Crippen molar-refractivity contribution in [2.45, 2.75) is 39.4 Å². The van der Waals surface area contributed by atoms with E-state index in [1.807, 2.05) is 0 Å². The highest BCUT2D eigenvalue weighted by Crippen LogP contribution is 2.37. The van der Waals surface area contributed by atoms with Crippen LogP contribution in [0, 0.1) is 5.41 Å². The van der Waals surface area contributed by atoms with Gasteiger partial charge in [-0.3, -0.25) is 18.5 Å². The van der Waals surface area contributed by atoms with E-state index >= 15 is 0 Å². The molecule has 82 valence electrons. The summed E-state index contributed by atoms with van der Waals surface area (Å²) in [6, 6.07) is 0. The summed E-state index contributed by atoms with van der Waals surface area (Å²) in [5.41, 5.74) is -1.15. The topological polar surface area (TPSA) is 63.2 Å². The number of hydrogen-bond donors (Lipinski definition) is 2. The smallest absolute Gasteiger partial charge is 0.244 e. The molecular formula is C9H17NO3S. The van der Waals surface area contributed by atoms with E-state index in [9.17, 15) is 13.8 Å². The Morgan fingerprint density at radius 1 is 1.21 bits per heavy atom. The molecule has 1 fully saturated rings. The van der Waals surface area contributed by atoms with Gasteiger partial charge in [0.2, 0.25) is 11.0 Å². The predicted octanol–water partition coefficient (Wildman–Crippen LogP) is 0.399. The molecule has 14 heavy (non-hydrogen) atoms. The lowest BCUT2D eigenvalue weighted by Gasteiger charge is -2.31. The molecule has 0 aromatic carbocycles. The molecule has 0 aromatic heterocycles. The van der Waals surface area contributed by atoms with Gasteiger partial charge in [0.15, 0.2) is 0 Å². The largest absolute Gasteiger partial charge is 0.290 e. The first kappa shape index (κ1) is 11.4. The Bertz CT molecular complexity index is 352. The molecule has 5 heteroatoms. The number of amides is 1. The number of carbonyl (C=O) groups is 2. The maximum Gasteiger partial charge on any atom is 0.244 e. The molecule has 1 heterocycles. The van der Waals surface area contributed by atoms with Gasteiger partial charge in [0.25, 0.3) is 0 Å². The van der Waals surface area contributed by atoms with E-state index in [1.165, 1.54) is 13.8 Å². The van der Waals surface area contributed by atoms with Crippen molar-refractivity contribution in [3.63, 3.8) is 0 Å². The monoisotopic (exact) mass is 219 g/mol. The normalized spacial score (nSPS) is 27.2. The molecule has 0 atom stereocenters. The zero-order valence-corrected chi connectivity index (χ0v) is 10.1. The van der Waals surface area contributed by atoms with E-state index in [-0.39, 0.29) is 0 Å². The third-order valence-corrected chi connectivity index (χ3v) is 6.13. The highest BCUT2D eigenvalue weighted by atomic mass is 32.3. The molecule has 0 spiro atoms. The van der Waals surface area contributed by atoms with Gasteiger partial charge >= 0.3 is 0 Å². The van der Waals surface area contributed by atoms with Crippen LogP contribution in [0.3, 0.4) is 0 Å². The SMILES string of the molecule is CC1(C)C(=O)N[SH](=O)(C(C)(C)C)C1=O. The van der Waals surface area contributed by atoms with Crippen molar-refractivity contribution in [2.24, 2.45) is 5.41 Å². The van der Waals surface area contributed by atoms with Gasteiger partial charge in [-0.1, -0.05) is 0 Å². The van der Waals surface area contributed by atoms with Crippen LogP contribution in [0.1, 0.15) is 34.6 Å². The molecule has 1 aliphatic heterocycles. The van der Waals surface area contributed by atoms with E-state index in [2.05, 4.69) is 4.72 Å². The summed E-state index contributed by atoms with van der Waals surface area (Å²) in [6.07, 6.45) is 0. The molecule has 0 bridgehead atoms. The fraction of sp³-hybridized carbons (Fsp3) is 0.778. The Morgan fingerprint density at radius 3 is 1.79 bits per heavy atom. The molecule has 4 nitrogen and oxygen atoms in total. The lowest BCUT2D eigenvalue weighted by atomic mass is 9.95. The highest BCUT2D eigenvalue weighted by molar-refractivity contribution is 8.17. The van der Waals surface area contributed by atoms with Crippen LogP contribution >= 0.6 is 0 Å². The van der Waals surface area contributed by atoms with Crippen LogP contribution in [0.5, 0.6) is 0 Å². The Hall–Kier alpha value is -0.710. The van der Waals surface area contributed by atoms with Crippen molar-refractivity contribution in [3.05, 3.63) is 0 Å². The first-order valence-corrected chi connectivity index (χ1v) is 6.22. The minimum atomic E-state index is -3.26. The van der Waals surface area contributed by atoms with Crippen LogP contribution in [-0.2, 0) is 19.7 Å². The van der Waals surface area contributed by atoms with Crippen LogP contribution in [0.15, 0.2) is 0 Å². The van der Waals surface area contributed by atoms with Crippen LogP contribution in [0.4, 0.5) is 0 Å². The summed E-state index contributed by atoms with van der Waals surface area (Å²) in [5, 5.41) is -0.456. The molecule has 0 unspecified atom stereocenters. The maximum atomic E-state index is 12.3. The Morgan fingerprint density at radius 2 is 1.64 bits per heavy atom. The number of carbonyl (C=O) groups excluding carboxylic acids is 2. The zero-order chi connectivity index (χ0) is 11.4. The van der Waals surface area contributed by atoms with Gasteiger partial charge in [0.05, 0.1) is 0 Å². The number of hydrogen-bond acceptors (Lipinski definition) is 3. The third-order valence-electron chi connectivity index (χ3n) is 2.59. The highest BCUT2D eigenvalue weighted by Gasteiger charge is 2.55. The standard InChI is InChI=1S/C9H17NO3S/c1-8(2,3)14(13)7(12)9(4,5)6(11)10-14/h14H,1-5H3,(H,10,11,13). The van der Waals surface area contributed by atoms with Crippen molar-refractivity contribution in [1.82, 2.24) is 4.72 Å². The first-order valence-electron chi connectivity index (χ1n) is 4.51. The van der Waals surface area contributed by atoms with Crippen molar-refractivity contribution in [3.8, 4) is 0 Å². The number of thiol groups is 1. The lowest BCUT2D eigenvalue weighted by molar-refractivity contribution is -0.132. The Kier molecular flexibility index (Phi) is 2.16. The molecule has 1 N–H and O–H groups in total. The summed E-state index contributed by atoms with van der Waals surface area (Å²) in [6.45, 7) is 8.13. The predicted molar refractivity (Wildman–Crippen MR) is 56.2 cm³/mol. The van der Waals surface area contributed by atoms with Crippen molar-refractivity contribution in [2.75, 3.05) is 0 Å². The molecule has 0 radical (unpaired) electrons. The van der Waals surface area contributed by atoms with Gasteiger partial charge in [0, 0.05) is 14.9 Å². The fourth-order valence-corrected chi connectivity index (χ4v) is 3.80. The quantitative estimate of drug-likeness (QED) is 0.458. The van der Waals surface area contributed by atoms with Crippen LogP contribution < -0.4 is 4.72 Å². The van der Waals surface area contributed by atoms with E-state index in [1.54, 1.807) is 20.8 Å². The van der Waals surface area contributed by atoms with Crippen molar-refractivity contribution < 1.29 is 13.8 Å². The van der Waals surface area contributed by atoms with Gasteiger partial charge in [-0.2, -0.15) is 0 Å². The maximum absolute atomic E-state index is 12.3. The summed E-state index contributed by atoms with van der Waals surface area (Å²) in [4.78, 5) is 23.3. The molecular weight excluding hydrogens is 202 g/mol. The van der Waals surface area contributed by atoms with Gasteiger partial charge in [0.1, 0.15) is 5.41 Å². The van der Waals surface area contributed by atoms with Gasteiger partial charge in [-0.15, -0.1) is 0 Å². The van der Waals surface area contributed by atoms with E-state index in [4.69, 9.17) is 0 Å². The van der Waals surface area contributed by atoms with Crippen LogP contribution in [0.25, 0.3) is 0 Å². The van der Waals surface area contributed by atoms with E-state index in [0.717, 1.165) is 0 Å². The molecule has 1 rings (SSSR count). The number of nitrogens with one attached hydrogen (secondary N) is 1. The van der Waals surface area contributed by atoms with Gasteiger partial charge in [-0.25, -0.2) is 0 Å². The van der Waals surface area contributed by atoms with Crippen LogP contribution in [-0.4, -0.2) is 20.0 Å². The number of rotatable bonds is 0. The molecule has 1 saturated heterocycles. The van der Waals surface area contributed by atoms with Crippen molar-refractivity contribution in [1.29, 1.82) is 0 Å². The summed E-state index contributed by atoms with van der Waals surface area (Å²) in [5.74, 6) is -0.430. The summed E-state index contributed by atoms with van der Waals surface area (Å²) in [7, 11) is -3.26. The van der Waals surface area contributed by atoms with E-state index < -0.39 is 31.3 Å². The average molecular weight is 219 g/mol. The summed E-state index contributed by atoms with van der Waals surface area (Å²) < 4.78 is 14.0. The minimum Gasteiger partial charge on any atom is -0.290 e. The van der Waals surface area contributed by atoms with Gasteiger partial charge in [-0.05, 0) is 34.6 Å². The Balaban J connectivity index is 3.29. The fourth-order valence-electron chi connectivity index (χ4n) is 1.30. The second-order valence-electron chi connectivity index (χ2n) is 5.15. The lowest BCUT2D eigenvalue weighted by Crippen LogP contribution is -2.46. The summed E-state index contributed by atoms with van der Waals surface area (Å²) >= 11 is 0. The molecule has 1 amide bonds. The van der Waals surface area contributed by atoms with Crippen molar-refractivity contribution >= 4 is 21.1 Å². The van der Waals surface area contributed by atoms with Crippen LogP contribution in [0.2, 0.25) is 0 Å². The first-order chi connectivity index (χ1) is 6.03. The van der Waals surface area contributed by atoms with Gasteiger partial charge < -0.3 is 0 Å².